The fourth-order valence-electron chi connectivity index (χ4n) is 4.79. The van der Waals surface area contributed by atoms with Gasteiger partial charge < -0.3 is 14.7 Å². The number of hydrogen-bond acceptors (Lipinski definition) is 7. The Hall–Kier alpha value is -2.45. The van der Waals surface area contributed by atoms with Crippen LogP contribution in [0.1, 0.15) is 59.3 Å². The number of carbonyl (C=O) groups excluding carboxylic acids is 1. The molecule has 1 heterocycles. The highest BCUT2D eigenvalue weighted by atomic mass is 32.2. The minimum Gasteiger partial charge on any atom is -0.508 e. The summed E-state index contributed by atoms with van der Waals surface area (Å²) < 4.78 is 33.7. The van der Waals surface area contributed by atoms with Gasteiger partial charge in [-0.25, -0.2) is 8.42 Å². The predicted octanol–water partition coefficient (Wildman–Crippen LogP) is 6.89. The first-order valence-corrected chi connectivity index (χ1v) is 15.4. The molecule has 0 saturated carbocycles. The summed E-state index contributed by atoms with van der Waals surface area (Å²) >= 11 is 1.46. The number of nitrogens with zero attached hydrogens (tertiary/aromatic N) is 1. The number of ketones is 1. The Labute approximate surface area is 219 Å². The number of thioether (sulfide) groups is 1. The number of unbranched alkanes of at least 4 members (excludes halogenated alkanes) is 2. The Balaban J connectivity index is 2.24. The Bertz CT molecular complexity index is 1180. The van der Waals surface area contributed by atoms with Gasteiger partial charge >= 0.3 is 0 Å². The Kier molecular flexibility index (Phi) is 9.53. The van der Waals surface area contributed by atoms with Gasteiger partial charge in [-0.3, -0.25) is 4.79 Å². The molecule has 0 aliphatic carbocycles. The maximum atomic E-state index is 14.0. The molecule has 3 rings (SSSR count). The fraction of sp³-hybridized carbons (Fsp3) is 0.464. The molecule has 0 aromatic heterocycles. The van der Waals surface area contributed by atoms with Gasteiger partial charge in [-0.1, -0.05) is 39.5 Å². The molecule has 0 amide bonds. The van der Waals surface area contributed by atoms with Crippen molar-refractivity contribution in [3.8, 4) is 11.5 Å². The van der Waals surface area contributed by atoms with E-state index in [1.54, 1.807) is 18.2 Å². The summed E-state index contributed by atoms with van der Waals surface area (Å²) in [5.74, 6) is 0.486. The largest absolute Gasteiger partial charge is 0.508 e. The molecule has 0 spiro atoms. The lowest BCUT2D eigenvalue weighted by atomic mass is 9.79. The first-order chi connectivity index (χ1) is 17.1. The normalized spacial score (nSPS) is 16.5. The summed E-state index contributed by atoms with van der Waals surface area (Å²) in [4.78, 5) is 14.4. The van der Waals surface area contributed by atoms with E-state index in [1.807, 2.05) is 24.5 Å². The van der Waals surface area contributed by atoms with Crippen LogP contribution in [0, 0.1) is 5.41 Å². The van der Waals surface area contributed by atoms with Crippen LogP contribution in [0.2, 0.25) is 0 Å². The number of phenols is 1. The van der Waals surface area contributed by atoms with Crippen LogP contribution in [-0.2, 0) is 14.6 Å². The summed E-state index contributed by atoms with van der Waals surface area (Å²) in [5, 5.41) is 9.90. The maximum absolute atomic E-state index is 14.0. The van der Waals surface area contributed by atoms with E-state index >= 15 is 0 Å². The van der Waals surface area contributed by atoms with E-state index < -0.39 is 15.3 Å². The van der Waals surface area contributed by atoms with Gasteiger partial charge in [0, 0.05) is 29.8 Å². The smallest absolute Gasteiger partial charge is 0.181 e. The first kappa shape index (κ1) is 28.1. The maximum Gasteiger partial charge on any atom is 0.181 e. The number of ether oxygens (including phenoxy) is 1. The zero-order valence-electron chi connectivity index (χ0n) is 21.6. The number of carbonyl (C=O) groups is 1. The minimum atomic E-state index is -3.66. The Morgan fingerprint density at radius 3 is 2.33 bits per heavy atom. The molecular weight excluding hydrogens is 494 g/mol. The number of aromatic hydroxyl groups is 1. The van der Waals surface area contributed by atoms with E-state index in [2.05, 4.69) is 18.7 Å². The van der Waals surface area contributed by atoms with Crippen LogP contribution in [0.25, 0.3) is 0 Å². The molecule has 196 valence electrons. The second-order valence-electron chi connectivity index (χ2n) is 9.57. The Morgan fingerprint density at radius 1 is 1.14 bits per heavy atom. The van der Waals surface area contributed by atoms with Crippen LogP contribution in [-0.4, -0.2) is 37.9 Å². The molecule has 2 aromatic rings. The third-order valence-corrected chi connectivity index (χ3v) is 9.39. The molecule has 6 nitrogen and oxygen atoms in total. The van der Waals surface area contributed by atoms with Crippen molar-refractivity contribution >= 4 is 38.8 Å². The third-order valence-electron chi connectivity index (χ3n) is 6.64. The third kappa shape index (κ3) is 6.65. The van der Waals surface area contributed by atoms with Gasteiger partial charge in [0.15, 0.2) is 15.6 Å². The molecule has 2 aromatic carbocycles. The van der Waals surface area contributed by atoms with E-state index in [1.165, 1.54) is 31.0 Å². The molecule has 1 N–H and O–H groups in total. The molecule has 0 fully saturated rings. The quantitative estimate of drug-likeness (QED) is 0.192. The number of anilines is 2. The van der Waals surface area contributed by atoms with Crippen LogP contribution < -0.4 is 9.64 Å². The van der Waals surface area contributed by atoms with E-state index in [-0.39, 0.29) is 22.2 Å². The summed E-state index contributed by atoms with van der Waals surface area (Å²) in [6.07, 6.45) is 10.1. The average molecular weight is 532 g/mol. The van der Waals surface area contributed by atoms with Crippen molar-refractivity contribution in [2.75, 3.05) is 23.5 Å². The summed E-state index contributed by atoms with van der Waals surface area (Å²) in [6.45, 7) is 6.27. The minimum absolute atomic E-state index is 0.0723. The summed E-state index contributed by atoms with van der Waals surface area (Å²) in [6, 6.07) is 10.4. The van der Waals surface area contributed by atoms with Gasteiger partial charge in [0.1, 0.15) is 11.5 Å². The molecular formula is C28H37NO5S2. The topological polar surface area (TPSA) is 83.9 Å². The SMILES string of the molecule is CCCCC1(CCCC)CN(c2ccc(O)cc2)c2cc(SC)c(O/C=C/C(C)=O)cc2S(=O)(=O)C1. The lowest BCUT2D eigenvalue weighted by molar-refractivity contribution is -0.112. The van der Waals surface area contributed by atoms with Crippen molar-refractivity contribution in [3.63, 3.8) is 0 Å². The number of phenolic OH excluding ortho intramolecular Hbond substituents is 1. The molecule has 0 atom stereocenters. The molecule has 0 unspecified atom stereocenters. The standard InChI is InChI=1S/C28H37NO5S2/c1-5-7-14-28(15-8-6-2)19-29(22-9-11-23(31)12-10-22)24-17-26(35-4)25(34-16-13-21(3)30)18-27(24)36(32,33)20-28/h9-13,16-18,31H,5-8,14-15,19-20H2,1-4H3/b16-13+. The van der Waals surface area contributed by atoms with Crippen molar-refractivity contribution in [2.24, 2.45) is 5.41 Å². The number of hydrogen-bond donors (Lipinski definition) is 1. The number of allylic oxidation sites excluding steroid dienone is 1. The second kappa shape index (κ2) is 12.2. The first-order valence-electron chi connectivity index (χ1n) is 12.5. The van der Waals surface area contributed by atoms with Crippen LogP contribution >= 0.6 is 11.8 Å². The molecule has 1 aliphatic rings. The van der Waals surface area contributed by atoms with Crippen molar-refractivity contribution in [1.82, 2.24) is 0 Å². The summed E-state index contributed by atoms with van der Waals surface area (Å²) in [5.41, 5.74) is 1.04. The van der Waals surface area contributed by atoms with Crippen molar-refractivity contribution in [2.45, 2.75) is 69.1 Å². The molecule has 0 saturated heterocycles. The van der Waals surface area contributed by atoms with Crippen LogP contribution in [0.4, 0.5) is 11.4 Å². The van der Waals surface area contributed by atoms with E-state index in [0.29, 0.717) is 18.0 Å². The highest BCUT2D eigenvalue weighted by Crippen LogP contribution is 2.48. The van der Waals surface area contributed by atoms with Crippen LogP contribution in [0.5, 0.6) is 11.5 Å². The highest BCUT2D eigenvalue weighted by molar-refractivity contribution is 7.98. The predicted molar refractivity (Wildman–Crippen MR) is 147 cm³/mol. The van der Waals surface area contributed by atoms with E-state index in [4.69, 9.17) is 4.74 Å². The van der Waals surface area contributed by atoms with Crippen LogP contribution in [0.3, 0.4) is 0 Å². The molecule has 36 heavy (non-hydrogen) atoms. The van der Waals surface area contributed by atoms with Gasteiger partial charge in [0.25, 0.3) is 0 Å². The Morgan fingerprint density at radius 2 is 1.78 bits per heavy atom. The lowest BCUT2D eigenvalue weighted by Gasteiger charge is -2.37. The zero-order valence-corrected chi connectivity index (χ0v) is 23.3. The fourth-order valence-corrected chi connectivity index (χ4v) is 7.44. The molecule has 8 heteroatoms. The van der Waals surface area contributed by atoms with Gasteiger partial charge in [-0.05, 0) is 56.4 Å². The monoisotopic (exact) mass is 531 g/mol. The molecule has 1 aliphatic heterocycles. The van der Waals surface area contributed by atoms with Gasteiger partial charge in [-0.15, -0.1) is 11.8 Å². The van der Waals surface area contributed by atoms with Crippen molar-refractivity contribution < 1.29 is 23.1 Å². The summed E-state index contributed by atoms with van der Waals surface area (Å²) in [7, 11) is -3.66. The van der Waals surface area contributed by atoms with E-state index in [0.717, 1.165) is 49.1 Å². The van der Waals surface area contributed by atoms with Crippen molar-refractivity contribution in [1.29, 1.82) is 0 Å². The number of sulfone groups is 1. The number of rotatable bonds is 11. The van der Waals surface area contributed by atoms with Crippen molar-refractivity contribution in [3.05, 3.63) is 48.7 Å². The van der Waals surface area contributed by atoms with Gasteiger partial charge in [-0.2, -0.15) is 0 Å². The molecule has 0 bridgehead atoms. The lowest BCUT2D eigenvalue weighted by Crippen LogP contribution is -2.38. The van der Waals surface area contributed by atoms with Crippen LogP contribution in [0.15, 0.2) is 58.5 Å². The number of fused-ring (bicyclic) bond motifs is 1. The average Bonchev–Trinajstić information content (AvgIpc) is 2.93. The zero-order chi connectivity index (χ0) is 26.3. The van der Waals surface area contributed by atoms with Gasteiger partial charge in [0.05, 0.1) is 27.5 Å². The second-order valence-corrected chi connectivity index (χ2v) is 12.4. The van der Waals surface area contributed by atoms with E-state index in [9.17, 15) is 18.3 Å². The highest BCUT2D eigenvalue weighted by Gasteiger charge is 2.42. The number of benzene rings is 2. The van der Waals surface area contributed by atoms with Gasteiger partial charge in [0.2, 0.25) is 0 Å². The molecule has 0 radical (unpaired) electrons.